The molecular formula is C20H33N3O9. The number of methoxy groups -OCH3 is 1. The van der Waals surface area contributed by atoms with Gasteiger partial charge in [-0.05, 0) is 6.42 Å². The predicted octanol–water partition coefficient (Wildman–Crippen LogP) is -0.966. The monoisotopic (exact) mass is 459 g/mol. The van der Waals surface area contributed by atoms with Crippen LogP contribution in [0.3, 0.4) is 0 Å². The van der Waals surface area contributed by atoms with Crippen molar-refractivity contribution in [1.29, 1.82) is 0 Å². The van der Waals surface area contributed by atoms with Crippen LogP contribution in [0.4, 0.5) is 0 Å². The minimum Gasteiger partial charge on any atom is -0.466 e. The summed E-state index contributed by atoms with van der Waals surface area (Å²) in [5.74, 6) is -1.73. The van der Waals surface area contributed by atoms with Crippen molar-refractivity contribution < 1.29 is 29.3 Å². The quantitative estimate of drug-likeness (QED) is 0.241. The summed E-state index contributed by atoms with van der Waals surface area (Å²) < 4.78 is 11.1. The zero-order valence-electron chi connectivity index (χ0n) is 16.7. The van der Waals surface area contributed by atoms with Crippen molar-refractivity contribution in [3.05, 3.63) is 56.3 Å². The van der Waals surface area contributed by atoms with Crippen LogP contribution in [0.1, 0.15) is 28.2 Å². The summed E-state index contributed by atoms with van der Waals surface area (Å²) in [6, 6.07) is 0. The van der Waals surface area contributed by atoms with E-state index < -0.39 is 54.4 Å². The van der Waals surface area contributed by atoms with Gasteiger partial charge < -0.3 is 19.7 Å². The first-order valence-corrected chi connectivity index (χ1v) is 9.00. The van der Waals surface area contributed by atoms with E-state index >= 15 is 0 Å². The molecule has 0 saturated carbocycles. The van der Waals surface area contributed by atoms with Crippen LogP contribution in [0.2, 0.25) is 0 Å². The Morgan fingerprint density at radius 2 is 1.41 bits per heavy atom. The van der Waals surface area contributed by atoms with Crippen LogP contribution in [0.15, 0.2) is 39.2 Å². The molecule has 2 N–H and O–H groups in total. The van der Waals surface area contributed by atoms with Crippen LogP contribution in [0.25, 0.3) is 0 Å². The third-order valence-corrected chi connectivity index (χ3v) is 3.93. The standard InChI is InChI=1S/C18H25N3O9.2CH4/c1-4-8-19-16(26)20(9-12(22)5-2)18(28)21(17(19)27)10-13(23)11-30-15(25)7-6-14(24)29-3;;/h4,6-7,12-13,22-23H,1,5,8-11H2,2-3H3;2*1H4. The zero-order chi connectivity index (χ0) is 22.8. The highest BCUT2D eigenvalue weighted by Crippen LogP contribution is 1.94. The van der Waals surface area contributed by atoms with Crippen LogP contribution >= 0.6 is 0 Å². The van der Waals surface area contributed by atoms with E-state index in [1.807, 2.05) is 0 Å². The number of hydrogen-bond donors (Lipinski definition) is 2. The maximum absolute atomic E-state index is 12.6. The molecule has 0 fully saturated rings. The van der Waals surface area contributed by atoms with Gasteiger partial charge in [-0.25, -0.2) is 37.7 Å². The number of nitrogens with zero attached hydrogens (tertiary/aromatic N) is 3. The number of carbonyl (C=O) groups is 2. The van der Waals surface area contributed by atoms with Gasteiger partial charge in [-0.15, -0.1) is 6.58 Å². The first-order valence-electron chi connectivity index (χ1n) is 9.00. The maximum atomic E-state index is 12.6. The van der Waals surface area contributed by atoms with E-state index in [0.717, 1.165) is 23.8 Å². The number of esters is 2. The Morgan fingerprint density at radius 1 is 0.938 bits per heavy atom. The lowest BCUT2D eigenvalue weighted by atomic mass is 10.3. The second kappa shape index (κ2) is 14.7. The van der Waals surface area contributed by atoms with Gasteiger partial charge in [0.05, 0.1) is 32.8 Å². The van der Waals surface area contributed by atoms with E-state index in [2.05, 4.69) is 11.3 Å². The summed E-state index contributed by atoms with van der Waals surface area (Å²) in [5, 5.41) is 19.9. The van der Waals surface area contributed by atoms with Crippen molar-refractivity contribution in [2.45, 2.75) is 60.0 Å². The Hall–Kier alpha value is -3.25. The molecule has 2 atom stereocenters. The number of aliphatic hydroxyl groups excluding tert-OH is 2. The maximum Gasteiger partial charge on any atom is 0.336 e. The smallest absolute Gasteiger partial charge is 0.336 e. The molecule has 12 heteroatoms. The minimum absolute atomic E-state index is 0. The van der Waals surface area contributed by atoms with E-state index in [1.165, 1.54) is 6.08 Å². The second-order valence-electron chi connectivity index (χ2n) is 6.17. The molecule has 0 aliphatic carbocycles. The van der Waals surface area contributed by atoms with E-state index in [-0.39, 0.29) is 34.4 Å². The average molecular weight is 459 g/mol. The van der Waals surface area contributed by atoms with Crippen molar-refractivity contribution >= 4 is 11.9 Å². The Bertz CT molecular complexity index is 972. The highest BCUT2D eigenvalue weighted by Gasteiger charge is 2.19. The lowest BCUT2D eigenvalue weighted by Crippen LogP contribution is -2.56. The molecule has 0 spiro atoms. The fourth-order valence-electron chi connectivity index (χ4n) is 2.31. The number of rotatable bonds is 11. The van der Waals surface area contributed by atoms with Crippen LogP contribution in [-0.2, 0) is 38.7 Å². The summed E-state index contributed by atoms with van der Waals surface area (Å²) in [6.45, 7) is 3.41. The Balaban J connectivity index is 0. The highest BCUT2D eigenvalue weighted by atomic mass is 16.5. The highest BCUT2D eigenvalue weighted by molar-refractivity contribution is 5.91. The number of aromatic nitrogens is 3. The molecule has 1 aromatic heterocycles. The van der Waals surface area contributed by atoms with Gasteiger partial charge in [0.1, 0.15) is 12.7 Å². The molecule has 0 radical (unpaired) electrons. The second-order valence-corrected chi connectivity index (χ2v) is 6.17. The van der Waals surface area contributed by atoms with Gasteiger partial charge in [0, 0.05) is 12.2 Å². The average Bonchev–Trinajstić information content (AvgIpc) is 2.73. The molecule has 0 aliphatic rings. The van der Waals surface area contributed by atoms with E-state index in [9.17, 15) is 34.2 Å². The van der Waals surface area contributed by atoms with Crippen LogP contribution in [0.5, 0.6) is 0 Å². The lowest BCUT2D eigenvalue weighted by molar-refractivity contribution is -0.141. The Labute approximate surface area is 185 Å². The van der Waals surface area contributed by atoms with Crippen molar-refractivity contribution in [2.24, 2.45) is 0 Å². The van der Waals surface area contributed by atoms with Crippen molar-refractivity contribution in [3.8, 4) is 0 Å². The molecule has 32 heavy (non-hydrogen) atoms. The first kappa shape index (κ1) is 30.9. The summed E-state index contributed by atoms with van der Waals surface area (Å²) in [5.41, 5.74) is -2.92. The van der Waals surface area contributed by atoms with Gasteiger partial charge in [0.2, 0.25) is 0 Å². The molecular weight excluding hydrogens is 426 g/mol. The fourth-order valence-corrected chi connectivity index (χ4v) is 2.31. The molecule has 0 bridgehead atoms. The number of hydrogen-bond acceptors (Lipinski definition) is 9. The van der Waals surface area contributed by atoms with Gasteiger partial charge >= 0.3 is 29.0 Å². The van der Waals surface area contributed by atoms with Gasteiger partial charge in [-0.2, -0.15) is 0 Å². The topological polar surface area (TPSA) is 159 Å². The summed E-state index contributed by atoms with van der Waals surface area (Å²) >= 11 is 0. The largest absolute Gasteiger partial charge is 0.466 e. The molecule has 0 saturated heterocycles. The molecule has 1 heterocycles. The molecule has 0 amide bonds. The molecule has 0 aliphatic heterocycles. The van der Waals surface area contributed by atoms with E-state index in [4.69, 9.17) is 4.74 Å². The number of ether oxygens (including phenoxy) is 2. The third-order valence-electron chi connectivity index (χ3n) is 3.93. The van der Waals surface area contributed by atoms with Crippen LogP contribution in [0, 0.1) is 0 Å². The normalized spacial score (nSPS) is 12.2. The van der Waals surface area contributed by atoms with Crippen LogP contribution < -0.4 is 17.1 Å². The minimum atomic E-state index is -1.47. The molecule has 0 aromatic carbocycles. The predicted molar refractivity (Wildman–Crippen MR) is 117 cm³/mol. The molecule has 1 aromatic rings. The number of carbonyl (C=O) groups excluding carboxylic acids is 2. The van der Waals surface area contributed by atoms with Gasteiger partial charge in [-0.1, -0.05) is 27.9 Å². The number of allylic oxidation sites excluding steroid dienone is 1. The number of aliphatic hydroxyl groups is 2. The van der Waals surface area contributed by atoms with Gasteiger partial charge in [-0.3, -0.25) is 0 Å². The van der Waals surface area contributed by atoms with Crippen molar-refractivity contribution in [2.75, 3.05) is 13.7 Å². The van der Waals surface area contributed by atoms with E-state index in [0.29, 0.717) is 9.13 Å². The fraction of sp³-hybridized carbons (Fsp3) is 0.550. The summed E-state index contributed by atoms with van der Waals surface area (Å²) in [4.78, 5) is 60.0. The zero-order valence-corrected chi connectivity index (χ0v) is 16.7. The molecule has 12 nitrogen and oxygen atoms in total. The third kappa shape index (κ3) is 8.47. The molecule has 182 valence electrons. The van der Waals surface area contributed by atoms with E-state index in [1.54, 1.807) is 6.92 Å². The van der Waals surface area contributed by atoms with Gasteiger partial charge in [0.25, 0.3) is 0 Å². The summed E-state index contributed by atoms with van der Waals surface area (Å²) in [6.07, 6.45) is 0.695. The Kier molecular flexibility index (Phi) is 14.2. The lowest BCUT2D eigenvalue weighted by Gasteiger charge is -2.17. The molecule has 1 rings (SSSR count). The SMILES string of the molecule is C.C.C=CCn1c(=O)n(CC(O)CC)c(=O)n(CC(O)COC(=O)C=CC(=O)OC)c1=O. The van der Waals surface area contributed by atoms with Crippen LogP contribution in [-0.4, -0.2) is 61.8 Å². The van der Waals surface area contributed by atoms with Crippen molar-refractivity contribution in [1.82, 2.24) is 13.7 Å². The van der Waals surface area contributed by atoms with Gasteiger partial charge in [0.15, 0.2) is 0 Å². The molecule has 2 unspecified atom stereocenters. The Morgan fingerprint density at radius 3 is 1.88 bits per heavy atom. The van der Waals surface area contributed by atoms with Crippen molar-refractivity contribution in [3.63, 3.8) is 0 Å². The summed E-state index contributed by atoms with van der Waals surface area (Å²) in [7, 11) is 1.12. The first-order chi connectivity index (χ1) is 14.2.